The van der Waals surface area contributed by atoms with Crippen LogP contribution in [0.2, 0.25) is 0 Å². The van der Waals surface area contributed by atoms with Gasteiger partial charge in [-0.15, -0.1) is 0 Å². The van der Waals surface area contributed by atoms with Crippen LogP contribution < -0.4 is 10.2 Å². The summed E-state index contributed by atoms with van der Waals surface area (Å²) in [5.41, 5.74) is 0. The van der Waals surface area contributed by atoms with Crippen molar-refractivity contribution in [3.63, 3.8) is 0 Å². The van der Waals surface area contributed by atoms with Crippen LogP contribution in [0.3, 0.4) is 0 Å². The van der Waals surface area contributed by atoms with Crippen LogP contribution in [-0.4, -0.2) is 37.3 Å². The van der Waals surface area contributed by atoms with Crippen molar-refractivity contribution >= 4 is 11.6 Å². The second-order valence-corrected chi connectivity index (χ2v) is 4.90. The number of pyridine rings is 1. The van der Waals surface area contributed by atoms with Crippen molar-refractivity contribution < 1.29 is 13.5 Å². The molecule has 0 radical (unpaired) electrons. The molecule has 1 N–H and O–H groups in total. The number of anilines is 2. The Balaban J connectivity index is 2.21. The number of ether oxygens (including phenoxy) is 1. The molecule has 112 valence electrons. The Morgan fingerprint density at radius 3 is 2.90 bits per heavy atom. The summed E-state index contributed by atoms with van der Waals surface area (Å²) in [4.78, 5) is 5.93. The predicted molar refractivity (Wildman–Crippen MR) is 75.2 cm³/mol. The molecule has 0 aliphatic carbocycles. The number of rotatable bonds is 5. The third-order valence-corrected chi connectivity index (χ3v) is 3.35. The first kappa shape index (κ1) is 15.0. The van der Waals surface area contributed by atoms with Gasteiger partial charge in [-0.3, -0.25) is 0 Å². The van der Waals surface area contributed by atoms with Gasteiger partial charge >= 0.3 is 0 Å². The van der Waals surface area contributed by atoms with Gasteiger partial charge in [-0.05, 0) is 12.8 Å². The van der Waals surface area contributed by atoms with Crippen LogP contribution in [0.25, 0.3) is 0 Å². The zero-order chi connectivity index (χ0) is 14.5. The van der Waals surface area contributed by atoms with Gasteiger partial charge in [0.25, 0.3) is 0 Å². The highest BCUT2D eigenvalue weighted by Gasteiger charge is 2.24. The number of halogens is 2. The van der Waals surface area contributed by atoms with Crippen molar-refractivity contribution in [1.29, 1.82) is 0 Å². The first-order valence-electron chi connectivity index (χ1n) is 7.12. The first-order chi connectivity index (χ1) is 9.65. The van der Waals surface area contributed by atoms with Crippen LogP contribution in [0.4, 0.5) is 20.4 Å². The maximum absolute atomic E-state index is 14.0. The molecular formula is C14H21F2N3O. The Bertz CT molecular complexity index is 456. The normalized spacial score (nSPS) is 19.2. The second kappa shape index (κ2) is 6.83. The Hall–Kier alpha value is -1.43. The highest BCUT2D eigenvalue weighted by Crippen LogP contribution is 2.24. The summed E-state index contributed by atoms with van der Waals surface area (Å²) < 4.78 is 33.2. The van der Waals surface area contributed by atoms with E-state index in [9.17, 15) is 8.78 Å². The summed E-state index contributed by atoms with van der Waals surface area (Å²) in [5.74, 6) is -0.962. The average Bonchev–Trinajstić information content (AvgIpc) is 2.46. The van der Waals surface area contributed by atoms with E-state index in [-0.39, 0.29) is 17.7 Å². The summed E-state index contributed by atoms with van der Waals surface area (Å²) in [7, 11) is 0. The van der Waals surface area contributed by atoms with E-state index < -0.39 is 11.6 Å². The van der Waals surface area contributed by atoms with Gasteiger partial charge in [0.2, 0.25) is 0 Å². The molecule has 0 amide bonds. The number of hydrogen-bond donors (Lipinski definition) is 1. The highest BCUT2D eigenvalue weighted by molar-refractivity contribution is 5.49. The van der Waals surface area contributed by atoms with Gasteiger partial charge in [0.15, 0.2) is 23.3 Å². The quantitative estimate of drug-likeness (QED) is 0.902. The van der Waals surface area contributed by atoms with Gasteiger partial charge in [-0.1, -0.05) is 13.8 Å². The van der Waals surface area contributed by atoms with E-state index in [4.69, 9.17) is 4.74 Å². The monoisotopic (exact) mass is 285 g/mol. The standard InChI is InChI=1S/C14H21F2N3O/c1-3-5-17-13-11(15)8-12(16)14(18-13)19-6-7-20-10(4-2)9-19/h8,10H,3-7,9H2,1-2H3,(H,17,18). The van der Waals surface area contributed by atoms with Crippen molar-refractivity contribution in [2.75, 3.05) is 36.5 Å². The third kappa shape index (κ3) is 3.36. The number of nitrogens with zero attached hydrogens (tertiary/aromatic N) is 2. The van der Waals surface area contributed by atoms with Gasteiger partial charge in [-0.25, -0.2) is 13.8 Å². The average molecular weight is 285 g/mol. The number of aromatic nitrogens is 1. The Kier molecular flexibility index (Phi) is 5.11. The van der Waals surface area contributed by atoms with Crippen LogP contribution in [0.5, 0.6) is 0 Å². The molecule has 1 aliphatic rings. The lowest BCUT2D eigenvalue weighted by atomic mass is 10.2. The van der Waals surface area contributed by atoms with E-state index in [1.54, 1.807) is 0 Å². The lowest BCUT2D eigenvalue weighted by molar-refractivity contribution is 0.0379. The molecule has 0 bridgehead atoms. The largest absolute Gasteiger partial charge is 0.375 e. The minimum Gasteiger partial charge on any atom is -0.375 e. The Labute approximate surface area is 118 Å². The first-order valence-corrected chi connectivity index (χ1v) is 7.12. The molecule has 4 nitrogen and oxygen atoms in total. The molecule has 20 heavy (non-hydrogen) atoms. The van der Waals surface area contributed by atoms with E-state index in [1.165, 1.54) is 0 Å². The molecule has 1 aromatic rings. The van der Waals surface area contributed by atoms with Gasteiger partial charge in [0.05, 0.1) is 12.7 Å². The second-order valence-electron chi connectivity index (χ2n) is 4.90. The van der Waals surface area contributed by atoms with Gasteiger partial charge < -0.3 is 15.0 Å². The SMILES string of the molecule is CCCNc1nc(N2CCOC(CC)C2)c(F)cc1F. The van der Waals surface area contributed by atoms with Crippen LogP contribution in [-0.2, 0) is 4.74 Å². The van der Waals surface area contributed by atoms with Gasteiger partial charge in [0.1, 0.15) is 0 Å². The fourth-order valence-electron chi connectivity index (χ4n) is 2.20. The molecule has 0 aromatic carbocycles. The molecule has 1 saturated heterocycles. The summed E-state index contributed by atoms with van der Waals surface area (Å²) in [5, 5.41) is 2.88. The minimum atomic E-state index is -0.653. The van der Waals surface area contributed by atoms with Crippen LogP contribution in [0.1, 0.15) is 26.7 Å². The molecule has 2 heterocycles. The molecule has 6 heteroatoms. The predicted octanol–water partition coefficient (Wildman–Crippen LogP) is 2.80. The topological polar surface area (TPSA) is 37.4 Å². The van der Waals surface area contributed by atoms with E-state index in [1.807, 2.05) is 18.7 Å². The summed E-state index contributed by atoms with van der Waals surface area (Å²) in [6.45, 7) is 6.29. The third-order valence-electron chi connectivity index (χ3n) is 3.35. The van der Waals surface area contributed by atoms with Crippen molar-refractivity contribution in [3.05, 3.63) is 17.7 Å². The maximum Gasteiger partial charge on any atom is 0.168 e. The number of hydrogen-bond acceptors (Lipinski definition) is 4. The molecule has 1 atom stereocenters. The van der Waals surface area contributed by atoms with Crippen molar-refractivity contribution in [2.24, 2.45) is 0 Å². The molecule has 1 aliphatic heterocycles. The summed E-state index contributed by atoms with van der Waals surface area (Å²) in [6, 6.07) is 0.900. The number of morpholine rings is 1. The molecule has 0 spiro atoms. The van der Waals surface area contributed by atoms with E-state index in [0.717, 1.165) is 18.9 Å². The summed E-state index contributed by atoms with van der Waals surface area (Å²) >= 11 is 0. The van der Waals surface area contributed by atoms with Crippen molar-refractivity contribution in [1.82, 2.24) is 4.98 Å². The van der Waals surface area contributed by atoms with Crippen LogP contribution in [0.15, 0.2) is 6.07 Å². The molecule has 1 fully saturated rings. The molecule has 2 rings (SSSR count). The molecular weight excluding hydrogens is 264 g/mol. The smallest absolute Gasteiger partial charge is 0.168 e. The molecule has 0 saturated carbocycles. The maximum atomic E-state index is 14.0. The number of nitrogens with one attached hydrogen (secondary N) is 1. The van der Waals surface area contributed by atoms with Gasteiger partial charge in [0, 0.05) is 25.7 Å². The lowest BCUT2D eigenvalue weighted by Crippen LogP contribution is -2.43. The van der Waals surface area contributed by atoms with Gasteiger partial charge in [-0.2, -0.15) is 0 Å². The van der Waals surface area contributed by atoms with Crippen molar-refractivity contribution in [2.45, 2.75) is 32.8 Å². The van der Waals surface area contributed by atoms with E-state index >= 15 is 0 Å². The van der Waals surface area contributed by atoms with Crippen LogP contribution >= 0.6 is 0 Å². The minimum absolute atomic E-state index is 0.0713. The highest BCUT2D eigenvalue weighted by atomic mass is 19.1. The fraction of sp³-hybridized carbons (Fsp3) is 0.643. The van der Waals surface area contributed by atoms with Crippen molar-refractivity contribution in [3.8, 4) is 0 Å². The fourth-order valence-corrected chi connectivity index (χ4v) is 2.20. The van der Waals surface area contributed by atoms with Crippen LogP contribution in [0, 0.1) is 11.6 Å². The molecule has 1 unspecified atom stereocenters. The van der Waals surface area contributed by atoms with E-state index in [0.29, 0.717) is 26.2 Å². The zero-order valence-corrected chi connectivity index (χ0v) is 12.0. The molecule has 1 aromatic heterocycles. The summed E-state index contributed by atoms with van der Waals surface area (Å²) in [6.07, 6.45) is 1.78. The lowest BCUT2D eigenvalue weighted by Gasteiger charge is -2.33. The zero-order valence-electron chi connectivity index (χ0n) is 12.0. The Morgan fingerprint density at radius 2 is 2.20 bits per heavy atom. The van der Waals surface area contributed by atoms with E-state index in [2.05, 4.69) is 10.3 Å². The Morgan fingerprint density at radius 1 is 1.40 bits per heavy atom.